The van der Waals surface area contributed by atoms with Gasteiger partial charge < -0.3 is 10.3 Å². The minimum Gasteiger partial charge on any atom is -0.358 e. The van der Waals surface area contributed by atoms with E-state index >= 15 is 0 Å². The molecule has 0 fully saturated rings. The van der Waals surface area contributed by atoms with Crippen molar-refractivity contribution in [3.05, 3.63) is 63.3 Å². The zero-order valence-corrected chi connectivity index (χ0v) is 13.0. The molecule has 1 aromatic carbocycles. The summed E-state index contributed by atoms with van der Waals surface area (Å²) in [4.78, 5) is 3.31. The highest BCUT2D eigenvalue weighted by Crippen LogP contribution is 2.37. The van der Waals surface area contributed by atoms with E-state index in [0.29, 0.717) is 16.3 Å². The number of rotatable bonds is 1. The van der Waals surface area contributed by atoms with E-state index in [9.17, 15) is 4.39 Å². The van der Waals surface area contributed by atoms with Gasteiger partial charge in [-0.25, -0.2) is 0 Å². The first-order valence-corrected chi connectivity index (χ1v) is 7.16. The van der Waals surface area contributed by atoms with Crippen LogP contribution in [0.3, 0.4) is 0 Å². The van der Waals surface area contributed by atoms with Crippen LogP contribution in [0.25, 0.3) is 16.5 Å². The van der Waals surface area contributed by atoms with E-state index in [-0.39, 0.29) is 0 Å². The minimum absolute atomic E-state index is 0.335. The van der Waals surface area contributed by atoms with E-state index in [1.54, 1.807) is 0 Å². The first-order chi connectivity index (χ1) is 9.47. The predicted octanol–water partition coefficient (Wildman–Crippen LogP) is 5.12. The summed E-state index contributed by atoms with van der Waals surface area (Å²) in [6.07, 6.45) is 1.26. The second-order valence-electron chi connectivity index (χ2n) is 4.65. The summed E-state index contributed by atoms with van der Waals surface area (Å²) >= 11 is 9.72. The van der Waals surface area contributed by atoms with Crippen molar-refractivity contribution in [3.63, 3.8) is 0 Å². The number of aryl methyl sites for hydroxylation is 1. The highest BCUT2D eigenvalue weighted by molar-refractivity contribution is 9.10. The fraction of sp³-hybridized carbons (Fsp3) is 0.0667. The van der Waals surface area contributed by atoms with Crippen molar-refractivity contribution < 1.29 is 4.39 Å². The van der Waals surface area contributed by atoms with Crippen molar-refractivity contribution in [2.75, 3.05) is 0 Å². The van der Waals surface area contributed by atoms with E-state index < -0.39 is 5.95 Å². The Morgan fingerprint density at radius 1 is 1.35 bits per heavy atom. The lowest BCUT2D eigenvalue weighted by atomic mass is 9.99. The summed E-state index contributed by atoms with van der Waals surface area (Å²) in [5, 5.41) is 3.97. The maximum absolute atomic E-state index is 13.3. The number of nitrogens with one attached hydrogen (secondary N) is 2. The summed E-state index contributed by atoms with van der Waals surface area (Å²) < 4.78 is 14.3. The lowest BCUT2D eigenvalue weighted by molar-refractivity contribution is 0.577. The van der Waals surface area contributed by atoms with E-state index in [1.807, 2.05) is 25.1 Å². The van der Waals surface area contributed by atoms with Gasteiger partial charge in [0.15, 0.2) is 5.95 Å². The second-order valence-corrected chi connectivity index (χ2v) is 5.92. The molecule has 2 heterocycles. The van der Waals surface area contributed by atoms with Crippen LogP contribution in [0.4, 0.5) is 4.39 Å². The highest BCUT2D eigenvalue weighted by Gasteiger charge is 2.20. The summed E-state index contributed by atoms with van der Waals surface area (Å²) in [5.41, 5.74) is 4.03. The molecule has 2 nitrogen and oxygen atoms in total. The van der Waals surface area contributed by atoms with Crippen molar-refractivity contribution in [1.29, 1.82) is 0 Å². The number of allylic oxidation sites excluding steroid dienone is 3. The third kappa shape index (κ3) is 2.09. The number of fused-ring (bicyclic) bond motifs is 1. The van der Waals surface area contributed by atoms with E-state index in [4.69, 9.17) is 11.6 Å². The predicted molar refractivity (Wildman–Crippen MR) is 85.0 cm³/mol. The van der Waals surface area contributed by atoms with Gasteiger partial charge >= 0.3 is 0 Å². The number of hydrogen-bond donors (Lipinski definition) is 2. The van der Waals surface area contributed by atoms with E-state index in [1.165, 1.54) is 6.08 Å². The summed E-state index contributed by atoms with van der Waals surface area (Å²) in [5.74, 6) is -0.500. The Hall–Kier alpha value is -1.52. The molecule has 0 bridgehead atoms. The molecule has 0 amide bonds. The minimum atomic E-state index is -0.500. The molecule has 0 saturated heterocycles. The number of benzene rings is 1. The van der Waals surface area contributed by atoms with Gasteiger partial charge in [0.1, 0.15) is 0 Å². The smallest absolute Gasteiger partial charge is 0.192 e. The van der Waals surface area contributed by atoms with Crippen LogP contribution >= 0.6 is 27.5 Å². The third-order valence-electron chi connectivity index (χ3n) is 3.21. The molecule has 0 aliphatic carbocycles. The van der Waals surface area contributed by atoms with Crippen LogP contribution in [0.1, 0.15) is 11.3 Å². The van der Waals surface area contributed by atoms with Crippen molar-refractivity contribution in [1.82, 2.24) is 10.3 Å². The number of halogens is 3. The first-order valence-electron chi connectivity index (χ1n) is 5.99. The number of aromatic nitrogens is 1. The zero-order valence-electron chi connectivity index (χ0n) is 10.7. The molecule has 0 radical (unpaired) electrons. The average molecular weight is 354 g/mol. The Kier molecular flexibility index (Phi) is 3.22. The molecule has 0 saturated carbocycles. The molecule has 1 aliphatic rings. The van der Waals surface area contributed by atoms with Gasteiger partial charge in [0.05, 0.1) is 10.5 Å². The van der Waals surface area contributed by atoms with E-state index in [0.717, 1.165) is 26.6 Å². The molecule has 1 aliphatic heterocycles. The topological polar surface area (TPSA) is 27.8 Å². The van der Waals surface area contributed by atoms with Crippen molar-refractivity contribution >= 4 is 44.0 Å². The fourth-order valence-electron chi connectivity index (χ4n) is 2.39. The third-order valence-corrected chi connectivity index (χ3v) is 4.20. The molecular formula is C15H11BrClFN2. The molecule has 0 spiro atoms. The van der Waals surface area contributed by atoms with Gasteiger partial charge in [0.25, 0.3) is 0 Å². The largest absolute Gasteiger partial charge is 0.358 e. The van der Waals surface area contributed by atoms with Crippen LogP contribution in [0.15, 0.2) is 52.0 Å². The van der Waals surface area contributed by atoms with Crippen LogP contribution in [-0.4, -0.2) is 4.98 Å². The van der Waals surface area contributed by atoms with Gasteiger partial charge in [0.2, 0.25) is 0 Å². The van der Waals surface area contributed by atoms with Crippen LogP contribution in [0.5, 0.6) is 0 Å². The Morgan fingerprint density at radius 3 is 2.80 bits per heavy atom. The molecule has 0 unspecified atom stereocenters. The standard InChI is InChI=1S/C15H11BrClFN2/c1-7-5-10-11(16)4-3-9(15(10)19-7)14-8(2)20-13(18)6-12(14)17/h3-6,19-20H,2H2,1H3. The maximum atomic E-state index is 13.3. The van der Waals surface area contributed by atoms with Crippen LogP contribution < -0.4 is 5.32 Å². The van der Waals surface area contributed by atoms with Gasteiger partial charge in [-0.2, -0.15) is 4.39 Å². The van der Waals surface area contributed by atoms with Crippen LogP contribution in [0.2, 0.25) is 0 Å². The number of dihydropyridines is 1. The molecule has 2 aromatic rings. The molecule has 0 atom stereocenters. The number of H-pyrrole nitrogens is 1. The van der Waals surface area contributed by atoms with Crippen molar-refractivity contribution in [2.24, 2.45) is 0 Å². The zero-order chi connectivity index (χ0) is 14.4. The van der Waals surface area contributed by atoms with Gasteiger partial charge in [0, 0.05) is 38.5 Å². The molecular weight excluding hydrogens is 343 g/mol. The Bertz CT molecular complexity index is 802. The summed E-state index contributed by atoms with van der Waals surface area (Å²) in [7, 11) is 0. The Labute approximate surface area is 129 Å². The number of hydrogen-bond acceptors (Lipinski definition) is 1. The second kappa shape index (κ2) is 4.79. The molecule has 2 N–H and O–H groups in total. The van der Waals surface area contributed by atoms with Crippen molar-refractivity contribution in [2.45, 2.75) is 6.92 Å². The van der Waals surface area contributed by atoms with Gasteiger partial charge in [-0.3, -0.25) is 0 Å². The quantitative estimate of drug-likeness (QED) is 0.685. The number of aromatic amines is 1. The maximum Gasteiger partial charge on any atom is 0.192 e. The van der Waals surface area contributed by atoms with Crippen LogP contribution in [0, 0.1) is 6.92 Å². The van der Waals surface area contributed by atoms with Crippen molar-refractivity contribution in [3.8, 4) is 0 Å². The lowest BCUT2D eigenvalue weighted by Gasteiger charge is -2.19. The normalized spacial score (nSPS) is 15.6. The average Bonchev–Trinajstić information content (AvgIpc) is 2.73. The summed E-state index contributed by atoms with van der Waals surface area (Å²) in [6.45, 7) is 5.83. The highest BCUT2D eigenvalue weighted by atomic mass is 79.9. The first kappa shape index (κ1) is 13.5. The SMILES string of the molecule is C=C1NC(F)=CC(Cl)=C1c1ccc(Br)c2cc(C)[nH]c12. The van der Waals surface area contributed by atoms with Crippen LogP contribution in [-0.2, 0) is 0 Å². The molecule has 1 aromatic heterocycles. The Balaban J connectivity index is 2.33. The van der Waals surface area contributed by atoms with Gasteiger partial charge in [-0.05, 0) is 19.1 Å². The molecule has 3 rings (SSSR count). The summed E-state index contributed by atoms with van der Waals surface area (Å²) in [6, 6.07) is 5.93. The Morgan fingerprint density at radius 2 is 2.10 bits per heavy atom. The fourth-order valence-corrected chi connectivity index (χ4v) is 3.15. The monoisotopic (exact) mass is 352 g/mol. The molecule has 5 heteroatoms. The van der Waals surface area contributed by atoms with E-state index in [2.05, 4.69) is 32.8 Å². The van der Waals surface area contributed by atoms with Gasteiger partial charge in [-0.15, -0.1) is 0 Å². The van der Waals surface area contributed by atoms with Gasteiger partial charge in [-0.1, -0.05) is 40.2 Å². The molecule has 20 heavy (non-hydrogen) atoms. The lowest BCUT2D eigenvalue weighted by Crippen LogP contribution is -2.15. The molecule has 102 valence electrons.